The van der Waals surface area contributed by atoms with Gasteiger partial charge >= 0.3 is 0 Å². The minimum Gasteiger partial charge on any atom is -0.462 e. The molecule has 0 aromatic heterocycles. The van der Waals surface area contributed by atoms with Crippen LogP contribution in [0.4, 0.5) is 22.7 Å². The molecule has 41 heavy (non-hydrogen) atoms. The molecule has 0 aliphatic carbocycles. The first-order chi connectivity index (χ1) is 20.2. The predicted octanol–water partition coefficient (Wildman–Crippen LogP) is 5.89. The molecule has 9 heteroatoms. The first kappa shape index (κ1) is 22.6. The lowest BCUT2D eigenvalue weighted by Gasteiger charge is -2.31. The van der Waals surface area contributed by atoms with E-state index in [9.17, 15) is 0 Å². The first-order valence-electron chi connectivity index (χ1n) is 13.8. The van der Waals surface area contributed by atoms with Crippen LogP contribution in [0.25, 0.3) is 22.3 Å². The van der Waals surface area contributed by atoms with Crippen molar-refractivity contribution in [3.8, 4) is 45.3 Å². The van der Waals surface area contributed by atoms with Crippen LogP contribution in [-0.4, -0.2) is 51.6 Å². The number of benzene rings is 4. The highest BCUT2D eigenvalue weighted by Gasteiger charge is 2.55. The molecular weight excluding hydrogens is 526 g/mol. The molecule has 0 amide bonds. The van der Waals surface area contributed by atoms with Gasteiger partial charge in [0.15, 0.2) is 22.7 Å². The Morgan fingerprint density at radius 1 is 0.415 bits per heavy atom. The summed E-state index contributed by atoms with van der Waals surface area (Å²) < 4.78 is 46.0. The van der Waals surface area contributed by atoms with Crippen molar-refractivity contribution < 1.29 is 37.9 Å². The molecule has 4 fully saturated rings. The number of hydrogen-bond acceptors (Lipinski definition) is 8. The van der Waals surface area contributed by atoms with Gasteiger partial charge in [-0.2, -0.15) is 4.48 Å². The number of fused-ring (bicyclic) bond motifs is 10. The van der Waals surface area contributed by atoms with Crippen molar-refractivity contribution in [2.75, 3.05) is 26.4 Å². The van der Waals surface area contributed by atoms with Crippen LogP contribution in [0.5, 0.6) is 23.0 Å². The van der Waals surface area contributed by atoms with E-state index in [1.54, 1.807) is 0 Å². The number of quaternary nitrogens is 1. The van der Waals surface area contributed by atoms with Crippen molar-refractivity contribution in [1.82, 2.24) is 4.48 Å². The summed E-state index contributed by atoms with van der Waals surface area (Å²) in [6, 6.07) is 25.2. The van der Waals surface area contributed by atoms with E-state index in [2.05, 4.69) is 48.5 Å². The molecular formula is C32H24NO8+. The maximum absolute atomic E-state index is 6.04. The minimum atomic E-state index is -0.185. The van der Waals surface area contributed by atoms with Crippen LogP contribution < -0.4 is 23.4 Å². The Morgan fingerprint density at radius 2 is 0.659 bits per heavy atom. The van der Waals surface area contributed by atoms with Gasteiger partial charge in [-0.05, 0) is 48.5 Å². The topological polar surface area (TPSA) is 87.0 Å². The Balaban J connectivity index is 1.21. The van der Waals surface area contributed by atoms with Gasteiger partial charge in [-0.3, -0.25) is 0 Å². The molecule has 6 aliphatic rings. The Labute approximate surface area is 234 Å². The summed E-state index contributed by atoms with van der Waals surface area (Å²) in [4.78, 5) is 0. The highest BCUT2D eigenvalue weighted by Crippen LogP contribution is 2.70. The summed E-state index contributed by atoms with van der Waals surface area (Å²) in [6.45, 7) is 2.45. The van der Waals surface area contributed by atoms with Gasteiger partial charge in [0.25, 0.3) is 0 Å². The van der Waals surface area contributed by atoms with Crippen molar-refractivity contribution in [2.45, 2.75) is 25.2 Å². The van der Waals surface area contributed by atoms with Gasteiger partial charge in [-0.1, -0.05) is 0 Å². The standard InChI is InChI=1S/C32H24NO8/c1-5-25-21(9-17(1)38-29-13-34-29)22-10-18(39-30-14-35-30)2-6-26(22)33(25)27-7-3-19(40-31-15-36-31)11-23(27)24-12-20(4-8-28(24)33)41-32-16-37-32/h1-12,29-32H,13-16H2/q+1. The Kier molecular flexibility index (Phi) is 4.40. The quantitative estimate of drug-likeness (QED) is 0.171. The zero-order chi connectivity index (χ0) is 26.7. The lowest BCUT2D eigenvalue weighted by Crippen LogP contribution is -2.28. The van der Waals surface area contributed by atoms with E-state index >= 15 is 0 Å². The molecule has 0 bridgehead atoms. The van der Waals surface area contributed by atoms with Gasteiger partial charge in [-0.15, -0.1) is 0 Å². The van der Waals surface area contributed by atoms with E-state index in [0.29, 0.717) is 30.9 Å². The molecule has 4 aromatic rings. The van der Waals surface area contributed by atoms with Crippen LogP contribution in [0, 0.1) is 0 Å². The highest BCUT2D eigenvalue weighted by atomic mass is 16.8. The molecule has 4 unspecified atom stereocenters. The van der Waals surface area contributed by atoms with E-state index in [-0.39, 0.29) is 25.2 Å². The average Bonchev–Trinajstić information content (AvgIpc) is 3.78. The zero-order valence-corrected chi connectivity index (χ0v) is 21.8. The third kappa shape index (κ3) is 3.54. The van der Waals surface area contributed by atoms with Crippen LogP contribution in [0.3, 0.4) is 0 Å². The van der Waals surface area contributed by atoms with Crippen LogP contribution in [0.1, 0.15) is 0 Å². The Hall–Kier alpha value is -4.12. The van der Waals surface area contributed by atoms with Crippen LogP contribution in [0.15, 0.2) is 72.8 Å². The van der Waals surface area contributed by atoms with E-state index in [1.807, 2.05) is 24.3 Å². The highest BCUT2D eigenvalue weighted by molar-refractivity contribution is 6.11. The van der Waals surface area contributed by atoms with E-state index in [0.717, 1.165) is 68.0 Å². The fourth-order valence-corrected chi connectivity index (χ4v) is 6.20. The minimum absolute atomic E-state index is 0.185. The number of ether oxygens (including phenoxy) is 8. The van der Waals surface area contributed by atoms with E-state index in [1.165, 1.54) is 0 Å². The molecule has 204 valence electrons. The molecule has 9 nitrogen and oxygen atoms in total. The SMILES string of the molecule is c1cc2c(cc1OC1CO1)-c1cc(OC3CO3)ccc1[N+]21c2ccc(OC3CO3)cc2-c2cc(OC3CO3)ccc21. The van der Waals surface area contributed by atoms with Gasteiger partial charge in [-0.25, -0.2) is 0 Å². The van der Waals surface area contributed by atoms with Crippen LogP contribution in [0.2, 0.25) is 0 Å². The lowest BCUT2D eigenvalue weighted by molar-refractivity contribution is 0.179. The lowest BCUT2D eigenvalue weighted by atomic mass is 10.1. The van der Waals surface area contributed by atoms with Crippen molar-refractivity contribution in [1.29, 1.82) is 0 Å². The Bertz CT molecular complexity index is 1500. The van der Waals surface area contributed by atoms with Crippen molar-refractivity contribution >= 4 is 22.7 Å². The number of rotatable bonds is 8. The summed E-state index contributed by atoms with van der Waals surface area (Å²) in [5.41, 5.74) is 8.83. The van der Waals surface area contributed by atoms with Crippen LogP contribution in [-0.2, 0) is 18.9 Å². The summed E-state index contributed by atoms with van der Waals surface area (Å²) in [5.74, 6) is 3.09. The molecule has 1 spiro atoms. The molecule has 0 saturated carbocycles. The summed E-state index contributed by atoms with van der Waals surface area (Å²) in [7, 11) is 0. The van der Waals surface area contributed by atoms with Crippen molar-refractivity contribution in [2.24, 2.45) is 0 Å². The van der Waals surface area contributed by atoms with Crippen LogP contribution >= 0.6 is 0 Å². The molecule has 10 rings (SSSR count). The van der Waals surface area contributed by atoms with E-state index < -0.39 is 0 Å². The third-order valence-corrected chi connectivity index (χ3v) is 8.18. The van der Waals surface area contributed by atoms with Gasteiger partial charge < -0.3 is 37.9 Å². The zero-order valence-electron chi connectivity index (χ0n) is 21.8. The van der Waals surface area contributed by atoms with Gasteiger partial charge in [0.1, 0.15) is 49.4 Å². The predicted molar refractivity (Wildman–Crippen MR) is 146 cm³/mol. The third-order valence-electron chi connectivity index (χ3n) is 8.18. The fraction of sp³-hybridized carbons (Fsp3) is 0.250. The molecule has 4 saturated heterocycles. The number of nitrogens with zero attached hydrogens (tertiary/aromatic N) is 1. The van der Waals surface area contributed by atoms with Gasteiger partial charge in [0.05, 0.1) is 22.3 Å². The van der Waals surface area contributed by atoms with Crippen molar-refractivity contribution in [3.05, 3.63) is 72.8 Å². The fourth-order valence-electron chi connectivity index (χ4n) is 6.20. The molecule has 0 radical (unpaired) electrons. The van der Waals surface area contributed by atoms with Crippen molar-refractivity contribution in [3.63, 3.8) is 0 Å². The second kappa shape index (κ2) is 8.00. The molecule has 0 N–H and O–H groups in total. The normalized spacial score (nSPS) is 28.3. The maximum atomic E-state index is 6.04. The first-order valence-corrected chi connectivity index (χ1v) is 13.8. The monoisotopic (exact) mass is 550 g/mol. The summed E-state index contributed by atoms with van der Waals surface area (Å²) in [5, 5.41) is 0. The second-order valence-corrected chi connectivity index (χ2v) is 10.9. The molecule has 6 aliphatic heterocycles. The largest absolute Gasteiger partial charge is 0.462 e. The summed E-state index contributed by atoms with van der Waals surface area (Å²) in [6.07, 6.45) is -0.742. The van der Waals surface area contributed by atoms with Gasteiger partial charge in [0, 0.05) is 24.3 Å². The summed E-state index contributed by atoms with van der Waals surface area (Å²) >= 11 is 0. The Morgan fingerprint density at radius 3 is 0.878 bits per heavy atom. The smallest absolute Gasteiger partial charge is 0.223 e. The molecule has 4 atom stereocenters. The van der Waals surface area contributed by atoms with Gasteiger partial charge in [0.2, 0.25) is 25.2 Å². The van der Waals surface area contributed by atoms with E-state index in [4.69, 9.17) is 37.9 Å². The number of hydrogen-bond donors (Lipinski definition) is 0. The average molecular weight is 551 g/mol. The molecule has 4 aromatic carbocycles. The molecule has 6 heterocycles. The number of epoxide rings is 4. The maximum Gasteiger partial charge on any atom is 0.223 e. The second-order valence-electron chi connectivity index (χ2n) is 10.9.